The number of aliphatic carboxylic acids is 1. The van der Waals surface area contributed by atoms with Gasteiger partial charge in [-0.15, -0.1) is 0 Å². The van der Waals surface area contributed by atoms with Crippen molar-refractivity contribution < 1.29 is 14.6 Å². The smallest absolute Gasteiger partial charge is 0.315 e. The number of carboxylic acid groups (broad SMARTS) is 1. The largest absolute Gasteiger partial charge is 0.481 e. The Hall–Kier alpha value is -1.46. The summed E-state index contributed by atoms with van der Waals surface area (Å²) in [5, 5.41) is 9.20. The summed E-state index contributed by atoms with van der Waals surface area (Å²) in [4.78, 5) is 17.3. The Kier molecular flexibility index (Phi) is 3.93. The van der Waals surface area contributed by atoms with E-state index in [-0.39, 0.29) is 0 Å². The number of pyridine rings is 1. The highest BCUT2D eigenvalue weighted by Crippen LogP contribution is 2.28. The lowest BCUT2D eigenvalue weighted by atomic mass is 9.85. The summed E-state index contributed by atoms with van der Waals surface area (Å²) in [5.74, 6) is -0.762. The lowest BCUT2D eigenvalue weighted by molar-refractivity contribution is -0.182. The number of nitrogens with zero attached hydrogens (tertiary/aromatic N) is 2. The van der Waals surface area contributed by atoms with Crippen LogP contribution in [0.25, 0.3) is 0 Å². The van der Waals surface area contributed by atoms with Crippen molar-refractivity contribution in [3.63, 3.8) is 0 Å². The van der Waals surface area contributed by atoms with Crippen LogP contribution < -0.4 is 0 Å². The summed E-state index contributed by atoms with van der Waals surface area (Å²) in [6.45, 7) is 1.99. The van der Waals surface area contributed by atoms with E-state index in [1.165, 1.54) is 5.56 Å². The summed E-state index contributed by atoms with van der Waals surface area (Å²) in [6.07, 6.45) is 4.46. The van der Waals surface area contributed by atoms with Crippen LogP contribution in [0.3, 0.4) is 0 Å². The molecule has 1 aromatic heterocycles. The molecule has 1 aliphatic heterocycles. The minimum Gasteiger partial charge on any atom is -0.481 e. The van der Waals surface area contributed by atoms with E-state index in [2.05, 4.69) is 4.98 Å². The highest BCUT2D eigenvalue weighted by atomic mass is 16.5. The van der Waals surface area contributed by atoms with Gasteiger partial charge in [0.2, 0.25) is 0 Å². The molecule has 0 atom stereocenters. The molecular formula is C13H18N2O3. The van der Waals surface area contributed by atoms with Gasteiger partial charge in [0.1, 0.15) is 5.41 Å². The Morgan fingerprint density at radius 1 is 1.61 bits per heavy atom. The zero-order valence-corrected chi connectivity index (χ0v) is 10.5. The van der Waals surface area contributed by atoms with Gasteiger partial charge in [0.25, 0.3) is 0 Å². The molecule has 0 amide bonds. The third-order valence-corrected chi connectivity index (χ3v) is 3.29. The highest BCUT2D eigenvalue weighted by molar-refractivity contribution is 5.76. The summed E-state index contributed by atoms with van der Waals surface area (Å²) in [6, 6.07) is 3.94. The molecule has 1 fully saturated rings. The molecular weight excluding hydrogens is 232 g/mol. The van der Waals surface area contributed by atoms with Crippen LogP contribution in [0, 0.1) is 5.41 Å². The number of rotatable bonds is 6. The molecule has 0 radical (unpaired) electrons. The molecule has 0 unspecified atom stereocenters. The van der Waals surface area contributed by atoms with Crippen LogP contribution in [0.15, 0.2) is 24.5 Å². The van der Waals surface area contributed by atoms with Crippen LogP contribution in [-0.2, 0) is 16.0 Å². The van der Waals surface area contributed by atoms with Crippen molar-refractivity contribution in [2.45, 2.75) is 6.42 Å². The van der Waals surface area contributed by atoms with Gasteiger partial charge in [-0.05, 0) is 25.1 Å². The number of carboxylic acids is 1. The maximum absolute atomic E-state index is 11.2. The lowest BCUT2D eigenvalue weighted by Crippen LogP contribution is -2.55. The first-order chi connectivity index (χ1) is 8.62. The summed E-state index contributed by atoms with van der Waals surface area (Å²) >= 11 is 0. The minimum absolute atomic E-state index is 0.319. The molecule has 1 aromatic rings. The lowest BCUT2D eigenvalue weighted by Gasteiger charge is -2.40. The number of aromatic nitrogens is 1. The normalized spacial score (nSPS) is 17.4. The quantitative estimate of drug-likeness (QED) is 0.803. The molecule has 0 spiro atoms. The summed E-state index contributed by atoms with van der Waals surface area (Å²) in [7, 11) is 1.94. The van der Waals surface area contributed by atoms with Crippen LogP contribution in [0.5, 0.6) is 0 Å². The van der Waals surface area contributed by atoms with Gasteiger partial charge in [-0.3, -0.25) is 9.78 Å². The van der Waals surface area contributed by atoms with Crippen LogP contribution in [0.1, 0.15) is 5.56 Å². The van der Waals surface area contributed by atoms with Crippen LogP contribution >= 0.6 is 0 Å². The Labute approximate surface area is 106 Å². The van der Waals surface area contributed by atoms with E-state index in [1.54, 1.807) is 6.20 Å². The van der Waals surface area contributed by atoms with E-state index >= 15 is 0 Å². The molecule has 0 bridgehead atoms. The van der Waals surface area contributed by atoms with Crippen molar-refractivity contribution in [2.24, 2.45) is 5.41 Å². The number of likely N-dealkylation sites (N-methyl/N-ethyl adjacent to an activating group) is 1. The first-order valence-electron chi connectivity index (χ1n) is 6.01. The zero-order chi connectivity index (χ0) is 13.0. The second-order valence-electron chi connectivity index (χ2n) is 4.93. The Morgan fingerprint density at radius 2 is 2.39 bits per heavy atom. The van der Waals surface area contributed by atoms with Gasteiger partial charge < -0.3 is 14.7 Å². The van der Waals surface area contributed by atoms with Gasteiger partial charge in [-0.1, -0.05) is 6.07 Å². The molecule has 0 aliphatic carbocycles. The summed E-state index contributed by atoms with van der Waals surface area (Å²) < 4.78 is 5.05. The van der Waals surface area contributed by atoms with Gasteiger partial charge in [-0.25, -0.2) is 0 Å². The molecule has 0 aromatic carbocycles. The molecule has 98 valence electrons. The van der Waals surface area contributed by atoms with E-state index in [0.29, 0.717) is 19.8 Å². The SMILES string of the molecule is CN(CCc1cccnc1)CC1(C(=O)O)COC1. The van der Waals surface area contributed by atoms with Crippen LogP contribution in [-0.4, -0.2) is 54.3 Å². The molecule has 1 aliphatic rings. The molecule has 2 rings (SSSR count). The van der Waals surface area contributed by atoms with Gasteiger partial charge in [0.15, 0.2) is 0 Å². The number of hydrogen-bond donors (Lipinski definition) is 1. The maximum Gasteiger partial charge on any atom is 0.315 e. The second-order valence-corrected chi connectivity index (χ2v) is 4.93. The minimum atomic E-state index is -0.762. The van der Waals surface area contributed by atoms with Gasteiger partial charge in [-0.2, -0.15) is 0 Å². The number of carbonyl (C=O) groups is 1. The van der Waals surface area contributed by atoms with E-state index in [0.717, 1.165) is 13.0 Å². The Bertz CT molecular complexity index is 404. The maximum atomic E-state index is 11.2. The van der Waals surface area contributed by atoms with Crippen molar-refractivity contribution in [2.75, 3.05) is 33.4 Å². The monoisotopic (exact) mass is 250 g/mol. The fraction of sp³-hybridized carbons (Fsp3) is 0.538. The number of hydrogen-bond acceptors (Lipinski definition) is 4. The van der Waals surface area contributed by atoms with Crippen molar-refractivity contribution >= 4 is 5.97 Å². The molecule has 0 saturated carbocycles. The Balaban J connectivity index is 1.82. The highest BCUT2D eigenvalue weighted by Gasteiger charge is 2.46. The molecule has 5 nitrogen and oxygen atoms in total. The number of ether oxygens (including phenoxy) is 1. The average Bonchev–Trinajstić information content (AvgIpc) is 2.32. The summed E-state index contributed by atoms with van der Waals surface area (Å²) in [5.41, 5.74) is 0.461. The first kappa shape index (κ1) is 13.0. The predicted molar refractivity (Wildman–Crippen MR) is 66.3 cm³/mol. The molecule has 5 heteroatoms. The third-order valence-electron chi connectivity index (χ3n) is 3.29. The Morgan fingerprint density at radius 3 is 2.89 bits per heavy atom. The van der Waals surface area contributed by atoms with Gasteiger partial charge in [0.05, 0.1) is 13.2 Å². The van der Waals surface area contributed by atoms with E-state index < -0.39 is 11.4 Å². The average molecular weight is 250 g/mol. The predicted octanol–water partition coefficient (Wildman–Crippen LogP) is 0.657. The van der Waals surface area contributed by atoms with Crippen LogP contribution in [0.2, 0.25) is 0 Å². The first-order valence-corrected chi connectivity index (χ1v) is 6.01. The molecule has 1 N–H and O–H groups in total. The van der Waals surface area contributed by atoms with Crippen molar-refractivity contribution in [1.29, 1.82) is 0 Å². The molecule has 1 saturated heterocycles. The van der Waals surface area contributed by atoms with Gasteiger partial charge >= 0.3 is 5.97 Å². The fourth-order valence-corrected chi connectivity index (χ4v) is 2.09. The zero-order valence-electron chi connectivity index (χ0n) is 10.5. The van der Waals surface area contributed by atoms with Crippen molar-refractivity contribution in [3.05, 3.63) is 30.1 Å². The van der Waals surface area contributed by atoms with Crippen LogP contribution in [0.4, 0.5) is 0 Å². The van der Waals surface area contributed by atoms with Crippen molar-refractivity contribution in [1.82, 2.24) is 9.88 Å². The van der Waals surface area contributed by atoms with E-state index in [9.17, 15) is 9.90 Å². The van der Waals surface area contributed by atoms with E-state index in [1.807, 2.05) is 30.3 Å². The van der Waals surface area contributed by atoms with Gasteiger partial charge in [0, 0.05) is 25.5 Å². The molecule has 18 heavy (non-hydrogen) atoms. The molecule has 2 heterocycles. The standard InChI is InChI=1S/C13H18N2O3/c1-15(6-4-11-3-2-5-14-7-11)8-13(12(16)17)9-18-10-13/h2-3,5,7H,4,6,8-10H2,1H3,(H,16,17). The fourth-order valence-electron chi connectivity index (χ4n) is 2.09. The third kappa shape index (κ3) is 2.86. The van der Waals surface area contributed by atoms with E-state index in [4.69, 9.17) is 4.74 Å². The second kappa shape index (κ2) is 5.46. The van der Waals surface area contributed by atoms with Crippen molar-refractivity contribution in [3.8, 4) is 0 Å². The topological polar surface area (TPSA) is 62.7 Å².